The van der Waals surface area contributed by atoms with Gasteiger partial charge in [0.1, 0.15) is 12.4 Å². The van der Waals surface area contributed by atoms with Crippen molar-refractivity contribution in [3.05, 3.63) is 41.5 Å². The maximum Gasteiger partial charge on any atom is 0.303 e. The van der Waals surface area contributed by atoms with E-state index in [1.165, 1.54) is 17.7 Å². The first-order chi connectivity index (χ1) is 20.1. The van der Waals surface area contributed by atoms with Crippen molar-refractivity contribution < 1.29 is 39.5 Å². The number of carboxylic acids is 1. The van der Waals surface area contributed by atoms with Gasteiger partial charge in [-0.3, -0.25) is 14.4 Å². The number of carbonyl (C=O) groups excluding carboxylic acids is 2. The van der Waals surface area contributed by atoms with Crippen LogP contribution < -0.4 is 5.43 Å². The third-order valence-corrected chi connectivity index (χ3v) is 11.3. The zero-order chi connectivity index (χ0) is 29.8. The van der Waals surface area contributed by atoms with E-state index in [1.54, 1.807) is 12.1 Å². The van der Waals surface area contributed by atoms with E-state index in [2.05, 4.69) is 23.5 Å². The molecule has 1 spiro atoms. The number of aliphatic carboxylic acids is 1. The molecule has 42 heavy (non-hydrogen) atoms. The van der Waals surface area contributed by atoms with Crippen LogP contribution in [-0.4, -0.2) is 62.8 Å². The van der Waals surface area contributed by atoms with Gasteiger partial charge in [0.15, 0.2) is 12.1 Å². The van der Waals surface area contributed by atoms with Gasteiger partial charge < -0.3 is 25.2 Å². The number of hydrogen-bond acceptors (Lipinski definition) is 8. The highest BCUT2D eigenvalue weighted by atomic mass is 16.6. The molecule has 5 N–H and O–H groups in total. The molecule has 5 aliphatic rings. The van der Waals surface area contributed by atoms with E-state index in [4.69, 9.17) is 4.74 Å². The zero-order valence-electron chi connectivity index (χ0n) is 23.9. The first-order valence-electron chi connectivity index (χ1n) is 15.1. The van der Waals surface area contributed by atoms with Gasteiger partial charge in [-0.2, -0.15) is 5.10 Å². The number of Topliss-reactive ketones (excluding diaryl/α,β-unsaturated/α-hetero) is 1. The molecular weight excluding hydrogens is 540 g/mol. The predicted molar refractivity (Wildman–Crippen MR) is 151 cm³/mol. The highest BCUT2D eigenvalue weighted by Crippen LogP contribution is 2.71. The van der Waals surface area contributed by atoms with E-state index in [0.717, 1.165) is 31.4 Å². The number of phenolic OH excluding ortho intramolecular Hbond substituents is 1. The summed E-state index contributed by atoms with van der Waals surface area (Å²) >= 11 is 0. The summed E-state index contributed by atoms with van der Waals surface area (Å²) in [7, 11) is 0. The number of carboxylic acid groups (broad SMARTS) is 1. The predicted octanol–water partition coefficient (Wildman–Crippen LogP) is 3.26. The van der Waals surface area contributed by atoms with Crippen molar-refractivity contribution >= 4 is 23.4 Å². The van der Waals surface area contributed by atoms with Gasteiger partial charge in [0.05, 0.1) is 18.2 Å². The van der Waals surface area contributed by atoms with Gasteiger partial charge in [-0.1, -0.05) is 24.6 Å². The van der Waals surface area contributed by atoms with Crippen LogP contribution in [0.4, 0.5) is 0 Å². The Morgan fingerprint density at radius 3 is 2.60 bits per heavy atom. The molecule has 4 aliphatic carbocycles. The maximum absolute atomic E-state index is 12.8. The van der Waals surface area contributed by atoms with E-state index in [9.17, 15) is 34.8 Å². The van der Waals surface area contributed by atoms with Crippen molar-refractivity contribution in [1.82, 2.24) is 5.43 Å². The molecule has 0 aromatic heterocycles. The number of hydrazone groups is 1. The number of nitrogens with one attached hydrogen (secondary N) is 1. The first kappa shape index (κ1) is 29.0. The molecule has 6 rings (SSSR count). The normalized spacial score (nSPS) is 38.2. The summed E-state index contributed by atoms with van der Waals surface area (Å²) in [6.07, 6.45) is 6.21. The molecule has 0 radical (unpaired) electrons. The summed E-state index contributed by atoms with van der Waals surface area (Å²) in [6.45, 7) is 1.79. The molecular formula is C32H40N2O8. The Kier molecular flexibility index (Phi) is 7.52. The number of rotatable bonds is 8. The van der Waals surface area contributed by atoms with Crippen LogP contribution in [0.15, 0.2) is 41.0 Å². The highest BCUT2D eigenvalue weighted by molar-refractivity contribution is 5.97. The number of allylic oxidation sites excluding steroid dienone is 2. The number of aliphatic hydroxyl groups is 2. The molecule has 1 aromatic carbocycles. The van der Waals surface area contributed by atoms with E-state index >= 15 is 0 Å². The van der Waals surface area contributed by atoms with Crippen molar-refractivity contribution in [3.63, 3.8) is 0 Å². The quantitative estimate of drug-likeness (QED) is 0.292. The summed E-state index contributed by atoms with van der Waals surface area (Å²) < 4.78 is 6.26. The molecule has 10 nitrogen and oxygen atoms in total. The van der Waals surface area contributed by atoms with Crippen LogP contribution in [0, 0.1) is 34.5 Å². The second-order valence-corrected chi connectivity index (χ2v) is 13.2. The minimum atomic E-state index is -1.01. The number of phenols is 1. The molecule has 3 saturated carbocycles. The van der Waals surface area contributed by atoms with Crippen LogP contribution in [0.5, 0.6) is 5.75 Å². The number of ketones is 1. The maximum atomic E-state index is 12.8. The lowest BCUT2D eigenvalue weighted by Gasteiger charge is -2.57. The standard InChI is InChI=1S/C32H40N2O8/c1-31-11-10-20(33-34-27(38)12-18(13-28(39)40)17-2-5-21(36)6-3-17)14-19(31)4-7-22-23-8-9-24(25(37)16-35)32(23)15-26(29(22)31)42-30(32)41/h2-3,5-6,14,18,22-24,26,29-30,35-36,41H,4,7-13,15-16H2,1H3,(H,34,38)(H,39,40)/t18?,22-,23-,24+,26?,29+,30?,31-,32+/m0/s1. The lowest BCUT2D eigenvalue weighted by Crippen LogP contribution is -2.55. The average molecular weight is 581 g/mol. The number of aliphatic hydroxyl groups excluding tert-OH is 2. The van der Waals surface area contributed by atoms with E-state index in [1.807, 2.05) is 0 Å². The van der Waals surface area contributed by atoms with Gasteiger partial charge in [-0.05, 0) is 91.9 Å². The molecule has 1 aliphatic heterocycles. The van der Waals surface area contributed by atoms with Gasteiger partial charge in [-0.25, -0.2) is 5.43 Å². The zero-order valence-corrected chi connectivity index (χ0v) is 23.9. The van der Waals surface area contributed by atoms with Crippen molar-refractivity contribution in [1.29, 1.82) is 0 Å². The Hall–Kier alpha value is -3.08. The Bertz CT molecular complexity index is 1320. The molecule has 2 bridgehead atoms. The van der Waals surface area contributed by atoms with Gasteiger partial charge in [0.25, 0.3) is 0 Å². The van der Waals surface area contributed by atoms with Gasteiger partial charge in [0.2, 0.25) is 5.91 Å². The Morgan fingerprint density at radius 1 is 1.12 bits per heavy atom. The van der Waals surface area contributed by atoms with Crippen LogP contribution in [0.3, 0.4) is 0 Å². The highest BCUT2D eigenvalue weighted by Gasteiger charge is 2.71. The van der Waals surface area contributed by atoms with Gasteiger partial charge in [-0.15, -0.1) is 0 Å². The third kappa shape index (κ3) is 4.68. The van der Waals surface area contributed by atoms with Crippen molar-refractivity contribution in [2.75, 3.05) is 6.61 Å². The number of fused-ring (bicyclic) bond motifs is 6. The van der Waals surface area contributed by atoms with Crippen LogP contribution >= 0.6 is 0 Å². The summed E-state index contributed by atoms with van der Waals surface area (Å²) in [5, 5.41) is 44.1. The second kappa shape index (κ2) is 10.9. The van der Waals surface area contributed by atoms with Crippen molar-refractivity contribution in [2.24, 2.45) is 39.6 Å². The fourth-order valence-electron chi connectivity index (χ4n) is 9.57. The third-order valence-electron chi connectivity index (χ3n) is 11.3. The number of benzene rings is 1. The Labute approximate surface area is 244 Å². The number of nitrogens with zero attached hydrogens (tertiary/aromatic N) is 1. The monoisotopic (exact) mass is 580 g/mol. The number of amides is 1. The van der Waals surface area contributed by atoms with Crippen molar-refractivity contribution in [3.8, 4) is 5.75 Å². The SMILES string of the molecule is C[C@]12CCC(=NNC(=O)CC(CC(=O)O)c3ccc(O)cc3)C=C1CC[C@H]1[C@@H]3CC[C@H](C(=O)CO)[C@@]34CC(OC4O)[C@@H]12. The molecule has 4 fully saturated rings. The summed E-state index contributed by atoms with van der Waals surface area (Å²) in [5.74, 6) is -1.64. The Balaban J connectivity index is 1.17. The second-order valence-electron chi connectivity index (χ2n) is 13.2. The van der Waals surface area contributed by atoms with Gasteiger partial charge >= 0.3 is 5.97 Å². The van der Waals surface area contributed by atoms with E-state index in [-0.39, 0.29) is 59.6 Å². The topological polar surface area (TPSA) is 166 Å². The lowest BCUT2D eigenvalue weighted by molar-refractivity contribution is -0.160. The minimum absolute atomic E-state index is 0.0455. The summed E-state index contributed by atoms with van der Waals surface area (Å²) in [4.78, 5) is 36.9. The molecule has 226 valence electrons. The molecule has 1 amide bonds. The number of aromatic hydroxyl groups is 1. The van der Waals surface area contributed by atoms with E-state index in [0.29, 0.717) is 30.7 Å². The molecule has 1 heterocycles. The number of hydrogen-bond donors (Lipinski definition) is 5. The summed E-state index contributed by atoms with van der Waals surface area (Å²) in [5.41, 5.74) is 4.62. The molecule has 1 saturated heterocycles. The fourth-order valence-corrected chi connectivity index (χ4v) is 9.57. The molecule has 10 heteroatoms. The van der Waals surface area contributed by atoms with Crippen LogP contribution in [0.1, 0.15) is 76.2 Å². The van der Waals surface area contributed by atoms with E-state index < -0.39 is 30.2 Å². The lowest BCUT2D eigenvalue weighted by atomic mass is 9.46. The number of ether oxygens (including phenoxy) is 1. The van der Waals surface area contributed by atoms with Crippen LogP contribution in [0.2, 0.25) is 0 Å². The summed E-state index contributed by atoms with van der Waals surface area (Å²) in [6, 6.07) is 6.21. The number of carbonyl (C=O) groups is 3. The van der Waals surface area contributed by atoms with Crippen LogP contribution in [-0.2, 0) is 19.1 Å². The average Bonchev–Trinajstić information content (AvgIpc) is 3.49. The molecule has 9 atom stereocenters. The van der Waals surface area contributed by atoms with Gasteiger partial charge in [0, 0.05) is 23.7 Å². The fraction of sp³-hybridized carbons (Fsp3) is 0.625. The largest absolute Gasteiger partial charge is 0.508 e. The molecule has 1 aromatic rings. The molecule has 3 unspecified atom stereocenters. The smallest absolute Gasteiger partial charge is 0.303 e. The van der Waals surface area contributed by atoms with Crippen LogP contribution in [0.25, 0.3) is 0 Å². The van der Waals surface area contributed by atoms with Crippen molar-refractivity contribution in [2.45, 2.75) is 83.0 Å². The Morgan fingerprint density at radius 2 is 1.88 bits per heavy atom. The first-order valence-corrected chi connectivity index (χ1v) is 15.1. The minimum Gasteiger partial charge on any atom is -0.508 e.